The minimum absolute atomic E-state index is 0.00000372. The molecule has 1 fully saturated rings. The largest absolute Gasteiger partial charge is 0.396 e. The second kappa shape index (κ2) is 9.67. The Morgan fingerprint density at radius 1 is 1.18 bits per heavy atom. The molecule has 4 rings (SSSR count). The van der Waals surface area contributed by atoms with Crippen LogP contribution in [0.5, 0.6) is 0 Å². The first-order chi connectivity index (χ1) is 15.9. The Hall–Kier alpha value is -2.67. The SMILES string of the molecule is C[C@H](/C=C/CCO)[C@@]1(O)C(=O)N(Cc2cccc(N3CCCCC3=O)c2)c2ccc(Cl)cc21. The summed E-state index contributed by atoms with van der Waals surface area (Å²) in [6.07, 6.45) is 6.41. The predicted molar refractivity (Wildman–Crippen MR) is 129 cm³/mol. The number of carbonyl (C=O) groups excluding carboxylic acids is 2. The summed E-state index contributed by atoms with van der Waals surface area (Å²) < 4.78 is 0. The molecular weight excluding hydrogens is 440 g/mol. The van der Waals surface area contributed by atoms with Crippen LogP contribution in [0.1, 0.15) is 43.7 Å². The van der Waals surface area contributed by atoms with Gasteiger partial charge in [0.15, 0.2) is 5.60 Å². The number of hydrogen-bond acceptors (Lipinski definition) is 4. The second-order valence-electron chi connectivity index (χ2n) is 8.72. The summed E-state index contributed by atoms with van der Waals surface area (Å²) >= 11 is 6.23. The third-order valence-electron chi connectivity index (χ3n) is 6.50. The van der Waals surface area contributed by atoms with Gasteiger partial charge in [-0.25, -0.2) is 0 Å². The molecule has 2 aliphatic rings. The van der Waals surface area contributed by atoms with E-state index < -0.39 is 17.4 Å². The van der Waals surface area contributed by atoms with Gasteiger partial charge in [0.1, 0.15) is 0 Å². The number of aliphatic hydroxyl groups excluding tert-OH is 1. The lowest BCUT2D eigenvalue weighted by atomic mass is 9.83. The zero-order valence-electron chi connectivity index (χ0n) is 18.7. The number of fused-ring (bicyclic) bond motifs is 1. The number of hydrogen-bond donors (Lipinski definition) is 2. The molecule has 2 atom stereocenters. The highest BCUT2D eigenvalue weighted by Crippen LogP contribution is 2.46. The van der Waals surface area contributed by atoms with Gasteiger partial charge in [0, 0.05) is 41.8 Å². The second-order valence-corrected chi connectivity index (χ2v) is 9.16. The Labute approximate surface area is 199 Å². The first kappa shape index (κ1) is 23.5. The number of aliphatic hydroxyl groups is 2. The summed E-state index contributed by atoms with van der Waals surface area (Å²) in [6, 6.07) is 12.8. The highest BCUT2D eigenvalue weighted by Gasteiger charge is 2.52. The van der Waals surface area contributed by atoms with E-state index in [1.165, 1.54) is 0 Å². The Bertz CT molecular complexity index is 1090. The van der Waals surface area contributed by atoms with Gasteiger partial charge in [0.05, 0.1) is 12.2 Å². The lowest BCUT2D eigenvalue weighted by molar-refractivity contribution is -0.139. The quantitative estimate of drug-likeness (QED) is 0.598. The first-order valence-corrected chi connectivity index (χ1v) is 11.7. The molecule has 7 heteroatoms. The summed E-state index contributed by atoms with van der Waals surface area (Å²) in [6.45, 7) is 2.74. The molecule has 2 N–H and O–H groups in total. The van der Waals surface area contributed by atoms with E-state index in [4.69, 9.17) is 16.7 Å². The number of amides is 2. The monoisotopic (exact) mass is 468 g/mol. The minimum Gasteiger partial charge on any atom is -0.396 e. The molecule has 1 saturated heterocycles. The first-order valence-electron chi connectivity index (χ1n) is 11.4. The zero-order valence-corrected chi connectivity index (χ0v) is 19.5. The van der Waals surface area contributed by atoms with Gasteiger partial charge in [-0.3, -0.25) is 9.59 Å². The van der Waals surface area contributed by atoms with Crippen molar-refractivity contribution < 1.29 is 19.8 Å². The highest BCUT2D eigenvalue weighted by atomic mass is 35.5. The molecule has 0 bridgehead atoms. The van der Waals surface area contributed by atoms with Crippen LogP contribution in [0.2, 0.25) is 5.02 Å². The fourth-order valence-electron chi connectivity index (χ4n) is 4.67. The molecule has 2 aromatic carbocycles. The van der Waals surface area contributed by atoms with E-state index in [0.29, 0.717) is 35.7 Å². The summed E-state index contributed by atoms with van der Waals surface area (Å²) in [7, 11) is 0. The van der Waals surface area contributed by atoms with E-state index in [0.717, 1.165) is 24.1 Å². The lowest BCUT2D eigenvalue weighted by Crippen LogP contribution is -2.44. The Balaban J connectivity index is 1.66. The maximum atomic E-state index is 13.6. The molecule has 2 amide bonds. The normalized spacial score (nSPS) is 21.7. The van der Waals surface area contributed by atoms with Crippen molar-refractivity contribution in [1.29, 1.82) is 0 Å². The molecule has 0 spiro atoms. The van der Waals surface area contributed by atoms with E-state index in [9.17, 15) is 14.7 Å². The van der Waals surface area contributed by atoms with E-state index in [2.05, 4.69) is 0 Å². The number of carbonyl (C=O) groups is 2. The Morgan fingerprint density at radius 2 is 2.00 bits per heavy atom. The summed E-state index contributed by atoms with van der Waals surface area (Å²) in [5.74, 6) is -0.815. The molecule has 0 unspecified atom stereocenters. The van der Waals surface area contributed by atoms with E-state index in [-0.39, 0.29) is 19.1 Å². The Morgan fingerprint density at radius 3 is 2.76 bits per heavy atom. The molecule has 174 valence electrons. The topological polar surface area (TPSA) is 81.1 Å². The third-order valence-corrected chi connectivity index (χ3v) is 6.73. The maximum Gasteiger partial charge on any atom is 0.264 e. The van der Waals surface area contributed by atoms with Crippen molar-refractivity contribution in [2.45, 2.75) is 44.8 Å². The maximum absolute atomic E-state index is 13.6. The van der Waals surface area contributed by atoms with Gasteiger partial charge in [-0.05, 0) is 55.2 Å². The van der Waals surface area contributed by atoms with Crippen molar-refractivity contribution >= 4 is 34.8 Å². The zero-order chi connectivity index (χ0) is 23.6. The molecule has 6 nitrogen and oxygen atoms in total. The van der Waals surface area contributed by atoms with Crippen LogP contribution < -0.4 is 9.80 Å². The molecular formula is C26H29ClN2O4. The van der Waals surface area contributed by atoms with Gasteiger partial charge >= 0.3 is 0 Å². The van der Waals surface area contributed by atoms with Gasteiger partial charge in [-0.15, -0.1) is 0 Å². The van der Waals surface area contributed by atoms with Crippen molar-refractivity contribution in [3.8, 4) is 0 Å². The van der Waals surface area contributed by atoms with Gasteiger partial charge in [-0.1, -0.05) is 42.8 Å². The van der Waals surface area contributed by atoms with Crippen molar-refractivity contribution in [2.75, 3.05) is 23.0 Å². The van der Waals surface area contributed by atoms with Gasteiger partial charge in [0.2, 0.25) is 5.91 Å². The molecule has 2 heterocycles. The Kier molecular flexibility index (Phi) is 6.88. The van der Waals surface area contributed by atoms with Crippen LogP contribution in [0.15, 0.2) is 54.6 Å². The van der Waals surface area contributed by atoms with E-state index in [1.54, 1.807) is 47.1 Å². The predicted octanol–water partition coefficient (Wildman–Crippen LogP) is 4.17. The van der Waals surface area contributed by atoms with E-state index >= 15 is 0 Å². The van der Waals surface area contributed by atoms with E-state index in [1.807, 2.05) is 24.3 Å². The molecule has 0 saturated carbocycles. The van der Waals surface area contributed by atoms with Gasteiger partial charge in [-0.2, -0.15) is 0 Å². The van der Waals surface area contributed by atoms with Crippen LogP contribution in [0.4, 0.5) is 11.4 Å². The number of halogens is 1. The number of nitrogens with zero attached hydrogens (tertiary/aromatic N) is 2. The van der Waals surface area contributed by atoms with Crippen LogP contribution >= 0.6 is 11.6 Å². The minimum atomic E-state index is -1.76. The smallest absolute Gasteiger partial charge is 0.264 e. The van der Waals surface area contributed by atoms with Crippen LogP contribution in [0, 0.1) is 5.92 Å². The number of benzene rings is 2. The van der Waals surface area contributed by atoms with Crippen molar-refractivity contribution in [3.63, 3.8) is 0 Å². The van der Waals surface area contributed by atoms with Crippen molar-refractivity contribution in [1.82, 2.24) is 0 Å². The summed E-state index contributed by atoms with van der Waals surface area (Å²) in [5, 5.41) is 21.1. The van der Waals surface area contributed by atoms with Gasteiger partial charge in [0.25, 0.3) is 5.91 Å². The van der Waals surface area contributed by atoms with Gasteiger partial charge < -0.3 is 20.0 Å². The average molecular weight is 469 g/mol. The molecule has 0 radical (unpaired) electrons. The fourth-order valence-corrected chi connectivity index (χ4v) is 4.85. The molecule has 0 aliphatic carbocycles. The number of rotatable bonds is 7. The summed E-state index contributed by atoms with van der Waals surface area (Å²) in [5.41, 5.74) is 1.04. The average Bonchev–Trinajstić information content (AvgIpc) is 3.02. The standard InChI is InChI=1S/C26H29ClN2O4/c1-18(7-3-5-14-30)26(33)22-16-20(27)11-12-23(22)29(25(26)32)17-19-8-6-9-21(15-19)28-13-4-2-10-24(28)31/h3,6-9,11-12,15-16,18,30,33H,2,4-5,10,13-14,17H2,1H3/b7-3+/t18-,26+/m1/s1. The lowest BCUT2D eigenvalue weighted by Gasteiger charge is -2.28. The molecule has 2 aliphatic heterocycles. The summed E-state index contributed by atoms with van der Waals surface area (Å²) in [4.78, 5) is 29.3. The molecule has 2 aromatic rings. The van der Waals surface area contributed by atoms with Crippen LogP contribution in [0.3, 0.4) is 0 Å². The van der Waals surface area contributed by atoms with Crippen molar-refractivity contribution in [2.24, 2.45) is 5.92 Å². The van der Waals surface area contributed by atoms with Crippen LogP contribution in [-0.4, -0.2) is 35.2 Å². The molecule has 33 heavy (non-hydrogen) atoms. The van der Waals surface area contributed by atoms with Crippen LogP contribution in [0.25, 0.3) is 0 Å². The fraction of sp³-hybridized carbons (Fsp3) is 0.385. The molecule has 0 aromatic heterocycles. The number of anilines is 2. The highest BCUT2D eigenvalue weighted by molar-refractivity contribution is 6.31. The number of piperidine rings is 1. The third kappa shape index (κ3) is 4.43. The van der Waals surface area contributed by atoms with Crippen molar-refractivity contribution in [3.05, 3.63) is 70.8 Å². The van der Waals surface area contributed by atoms with Crippen LogP contribution in [-0.2, 0) is 21.7 Å².